The Labute approximate surface area is 146 Å². The molecule has 0 saturated carbocycles. The number of imide groups is 1. The normalized spacial score (nSPS) is 17.5. The van der Waals surface area contributed by atoms with E-state index in [1.54, 1.807) is 18.2 Å². The number of carbonyl (C=O) groups excluding carboxylic acids is 2. The predicted molar refractivity (Wildman–Crippen MR) is 96.5 cm³/mol. The van der Waals surface area contributed by atoms with Gasteiger partial charge in [-0.15, -0.1) is 0 Å². The quantitative estimate of drug-likeness (QED) is 0.856. The minimum absolute atomic E-state index is 0.139. The Morgan fingerprint density at radius 2 is 1.88 bits per heavy atom. The molecule has 3 rings (SSSR count). The summed E-state index contributed by atoms with van der Waals surface area (Å²) in [5, 5.41) is 3.70. The van der Waals surface area contributed by atoms with E-state index >= 15 is 0 Å². The molecule has 2 aromatic carbocycles. The third-order valence-corrected chi connectivity index (χ3v) is 4.74. The van der Waals surface area contributed by atoms with Crippen LogP contribution in [-0.2, 0) is 16.0 Å². The van der Waals surface area contributed by atoms with Crippen molar-refractivity contribution in [3.8, 4) is 0 Å². The average molecular weight is 343 g/mol. The van der Waals surface area contributed by atoms with Gasteiger partial charge >= 0.3 is 0 Å². The van der Waals surface area contributed by atoms with E-state index in [1.165, 1.54) is 10.5 Å². The maximum Gasteiger partial charge on any atom is 0.256 e. The Morgan fingerprint density at radius 3 is 2.54 bits per heavy atom. The highest BCUT2D eigenvalue weighted by Gasteiger charge is 2.40. The van der Waals surface area contributed by atoms with E-state index in [-0.39, 0.29) is 18.2 Å². The van der Waals surface area contributed by atoms with Crippen LogP contribution in [0.4, 0.5) is 11.4 Å². The molecule has 0 aromatic heterocycles. The minimum Gasteiger partial charge on any atom is -0.373 e. The zero-order chi connectivity index (χ0) is 17.3. The van der Waals surface area contributed by atoms with Gasteiger partial charge < -0.3 is 5.32 Å². The summed E-state index contributed by atoms with van der Waals surface area (Å²) in [4.78, 5) is 26.3. The van der Waals surface area contributed by atoms with Crippen LogP contribution in [0.2, 0.25) is 5.02 Å². The summed E-state index contributed by atoms with van der Waals surface area (Å²) in [6.45, 7) is 3.90. The Balaban J connectivity index is 1.82. The van der Waals surface area contributed by atoms with Gasteiger partial charge in [0.15, 0.2) is 0 Å². The zero-order valence-corrected chi connectivity index (χ0v) is 14.4. The Bertz CT molecular complexity index is 786. The average Bonchev–Trinajstić information content (AvgIpc) is 2.85. The first kappa shape index (κ1) is 16.5. The molecule has 1 aliphatic heterocycles. The molecule has 0 radical (unpaired) electrons. The van der Waals surface area contributed by atoms with Crippen molar-refractivity contribution < 1.29 is 9.59 Å². The molecule has 1 N–H and O–H groups in total. The summed E-state index contributed by atoms with van der Waals surface area (Å²) in [6, 6.07) is 12.6. The van der Waals surface area contributed by atoms with Crippen molar-refractivity contribution in [3.63, 3.8) is 0 Å². The second kappa shape index (κ2) is 6.65. The molecule has 0 unspecified atom stereocenters. The number of nitrogens with zero attached hydrogens (tertiary/aromatic N) is 1. The van der Waals surface area contributed by atoms with Crippen molar-refractivity contribution in [2.24, 2.45) is 0 Å². The number of nitrogens with one attached hydrogen (secondary N) is 1. The number of rotatable bonds is 4. The summed E-state index contributed by atoms with van der Waals surface area (Å²) in [5.41, 5.74) is 3.35. The number of hydrogen-bond acceptors (Lipinski definition) is 3. The van der Waals surface area contributed by atoms with Gasteiger partial charge in [0.2, 0.25) is 5.91 Å². The monoisotopic (exact) mass is 342 g/mol. The van der Waals surface area contributed by atoms with E-state index in [4.69, 9.17) is 11.6 Å². The number of halogens is 1. The number of amides is 2. The van der Waals surface area contributed by atoms with Crippen LogP contribution in [0.25, 0.3) is 0 Å². The molecule has 2 amide bonds. The lowest BCUT2D eigenvalue weighted by molar-refractivity contribution is -0.121. The largest absolute Gasteiger partial charge is 0.373 e. The van der Waals surface area contributed by atoms with Crippen LogP contribution in [0, 0.1) is 6.92 Å². The maximum atomic E-state index is 12.7. The molecule has 1 heterocycles. The van der Waals surface area contributed by atoms with Crippen molar-refractivity contribution >= 4 is 34.8 Å². The van der Waals surface area contributed by atoms with Crippen LogP contribution in [-0.4, -0.2) is 17.9 Å². The molecule has 5 heteroatoms. The maximum absolute atomic E-state index is 12.7. The Hall–Kier alpha value is -2.33. The molecule has 4 nitrogen and oxygen atoms in total. The smallest absolute Gasteiger partial charge is 0.256 e. The lowest BCUT2D eigenvalue weighted by Crippen LogP contribution is -2.35. The van der Waals surface area contributed by atoms with Gasteiger partial charge in [-0.3, -0.25) is 9.59 Å². The lowest BCUT2D eigenvalue weighted by atomic mass is 10.1. The second-order valence-corrected chi connectivity index (χ2v) is 6.31. The minimum atomic E-state index is -0.552. The van der Waals surface area contributed by atoms with E-state index in [9.17, 15) is 9.59 Å². The molecule has 1 saturated heterocycles. The third-order valence-electron chi connectivity index (χ3n) is 4.33. The van der Waals surface area contributed by atoms with Gasteiger partial charge in [0.1, 0.15) is 6.04 Å². The fourth-order valence-electron chi connectivity index (χ4n) is 2.87. The second-order valence-electron chi connectivity index (χ2n) is 5.90. The highest BCUT2D eigenvalue weighted by Crippen LogP contribution is 2.31. The molecule has 0 aliphatic carbocycles. The number of benzene rings is 2. The predicted octanol–water partition coefficient (Wildman–Crippen LogP) is 3.95. The van der Waals surface area contributed by atoms with Gasteiger partial charge in [-0.1, -0.05) is 36.7 Å². The van der Waals surface area contributed by atoms with Gasteiger partial charge in [-0.05, 0) is 48.7 Å². The lowest BCUT2D eigenvalue weighted by Gasteiger charge is -2.18. The van der Waals surface area contributed by atoms with Crippen molar-refractivity contribution in [2.45, 2.75) is 32.7 Å². The van der Waals surface area contributed by atoms with E-state index < -0.39 is 6.04 Å². The Kier molecular flexibility index (Phi) is 4.58. The number of aryl methyl sites for hydroxylation is 1. The summed E-state index contributed by atoms with van der Waals surface area (Å²) in [6.07, 6.45) is 1.10. The molecule has 2 aromatic rings. The van der Waals surface area contributed by atoms with Crippen molar-refractivity contribution in [1.82, 2.24) is 0 Å². The SMILES string of the molecule is CCc1ccc(N[C@@H]2CC(=O)N(c3cccc(Cl)c3C)C2=O)cc1. The highest BCUT2D eigenvalue weighted by molar-refractivity contribution is 6.32. The molecular weight excluding hydrogens is 324 g/mol. The van der Waals surface area contributed by atoms with E-state index in [2.05, 4.69) is 12.2 Å². The summed E-state index contributed by atoms with van der Waals surface area (Å²) in [7, 11) is 0. The van der Waals surface area contributed by atoms with Gasteiger partial charge in [-0.2, -0.15) is 0 Å². The van der Waals surface area contributed by atoms with E-state index in [1.807, 2.05) is 31.2 Å². The number of anilines is 2. The summed E-state index contributed by atoms with van der Waals surface area (Å²) < 4.78 is 0. The van der Waals surface area contributed by atoms with Crippen LogP contribution < -0.4 is 10.2 Å². The van der Waals surface area contributed by atoms with Gasteiger partial charge in [0.25, 0.3) is 5.91 Å². The number of hydrogen-bond donors (Lipinski definition) is 1. The molecule has 1 aliphatic rings. The third kappa shape index (κ3) is 3.02. The number of carbonyl (C=O) groups is 2. The van der Waals surface area contributed by atoms with Crippen LogP contribution in [0.1, 0.15) is 24.5 Å². The summed E-state index contributed by atoms with van der Waals surface area (Å²) >= 11 is 6.12. The van der Waals surface area contributed by atoms with Crippen molar-refractivity contribution in [1.29, 1.82) is 0 Å². The first-order valence-corrected chi connectivity index (χ1v) is 8.36. The molecular formula is C19H19ClN2O2. The van der Waals surface area contributed by atoms with Gasteiger partial charge in [0, 0.05) is 10.7 Å². The summed E-state index contributed by atoms with van der Waals surface area (Å²) in [5.74, 6) is -0.460. The highest BCUT2D eigenvalue weighted by atomic mass is 35.5. The standard InChI is InChI=1S/C19H19ClN2O2/c1-3-13-7-9-14(10-8-13)21-16-11-18(23)22(19(16)24)17-6-4-5-15(20)12(17)2/h4-10,16,21H,3,11H2,1-2H3/t16-/m1/s1. The molecule has 24 heavy (non-hydrogen) atoms. The van der Waals surface area contributed by atoms with Crippen molar-refractivity contribution in [3.05, 3.63) is 58.6 Å². The van der Waals surface area contributed by atoms with E-state index in [0.717, 1.165) is 17.7 Å². The van der Waals surface area contributed by atoms with E-state index in [0.29, 0.717) is 10.7 Å². The first-order valence-electron chi connectivity index (χ1n) is 7.98. The Morgan fingerprint density at radius 1 is 1.17 bits per heavy atom. The van der Waals surface area contributed by atoms with Crippen LogP contribution in [0.5, 0.6) is 0 Å². The molecule has 124 valence electrons. The van der Waals surface area contributed by atoms with Crippen LogP contribution >= 0.6 is 11.6 Å². The molecule has 0 bridgehead atoms. The van der Waals surface area contributed by atoms with Crippen molar-refractivity contribution in [2.75, 3.05) is 10.2 Å². The molecule has 1 fully saturated rings. The zero-order valence-electron chi connectivity index (χ0n) is 13.7. The topological polar surface area (TPSA) is 49.4 Å². The fourth-order valence-corrected chi connectivity index (χ4v) is 3.04. The molecule has 0 spiro atoms. The fraction of sp³-hybridized carbons (Fsp3) is 0.263. The van der Waals surface area contributed by atoms with Crippen LogP contribution in [0.15, 0.2) is 42.5 Å². The molecule has 1 atom stereocenters. The first-order chi connectivity index (χ1) is 11.5. The van der Waals surface area contributed by atoms with Gasteiger partial charge in [0.05, 0.1) is 12.1 Å². The van der Waals surface area contributed by atoms with Crippen LogP contribution in [0.3, 0.4) is 0 Å². The van der Waals surface area contributed by atoms with Gasteiger partial charge in [-0.25, -0.2) is 4.90 Å².